The SMILES string of the molecule is CC(C)NCCCC1c2ccccc2Sc2ccc(Cl)cc21.Cl. The van der Waals surface area contributed by atoms with Crippen LogP contribution in [0.3, 0.4) is 0 Å². The largest absolute Gasteiger partial charge is 0.315 e. The summed E-state index contributed by atoms with van der Waals surface area (Å²) in [6, 6.07) is 15.6. The van der Waals surface area contributed by atoms with Crippen molar-refractivity contribution >= 4 is 35.8 Å². The van der Waals surface area contributed by atoms with Gasteiger partial charge in [0, 0.05) is 26.8 Å². The average molecular weight is 368 g/mol. The monoisotopic (exact) mass is 367 g/mol. The van der Waals surface area contributed by atoms with Gasteiger partial charge in [0.25, 0.3) is 0 Å². The molecule has 0 aromatic heterocycles. The Balaban J connectivity index is 0.00000192. The molecule has 1 unspecified atom stereocenters. The number of rotatable bonds is 5. The number of nitrogens with one attached hydrogen (secondary N) is 1. The van der Waals surface area contributed by atoms with E-state index in [-0.39, 0.29) is 12.4 Å². The minimum Gasteiger partial charge on any atom is -0.315 e. The summed E-state index contributed by atoms with van der Waals surface area (Å²) in [5.41, 5.74) is 2.84. The molecule has 1 aliphatic rings. The minimum atomic E-state index is 0. The quantitative estimate of drug-likeness (QED) is 0.637. The topological polar surface area (TPSA) is 12.0 Å². The molecule has 0 radical (unpaired) electrons. The van der Waals surface area contributed by atoms with E-state index >= 15 is 0 Å². The van der Waals surface area contributed by atoms with Crippen LogP contribution in [0.4, 0.5) is 0 Å². The van der Waals surface area contributed by atoms with Crippen LogP contribution >= 0.6 is 35.8 Å². The van der Waals surface area contributed by atoms with Crippen LogP contribution in [0.5, 0.6) is 0 Å². The summed E-state index contributed by atoms with van der Waals surface area (Å²) in [6.07, 6.45) is 2.33. The summed E-state index contributed by atoms with van der Waals surface area (Å²) in [5.74, 6) is 0.458. The molecule has 0 amide bonds. The molecule has 2 aromatic rings. The summed E-state index contributed by atoms with van der Waals surface area (Å²) in [5, 5.41) is 4.35. The molecule has 4 heteroatoms. The second-order valence-electron chi connectivity index (χ2n) is 6.13. The fourth-order valence-electron chi connectivity index (χ4n) is 3.04. The van der Waals surface area contributed by atoms with E-state index in [1.54, 1.807) is 0 Å². The average Bonchev–Trinajstić information content (AvgIpc) is 2.50. The third kappa shape index (κ3) is 4.45. The Morgan fingerprint density at radius 2 is 1.83 bits per heavy atom. The predicted molar refractivity (Wildman–Crippen MR) is 103 cm³/mol. The van der Waals surface area contributed by atoms with Gasteiger partial charge in [0.2, 0.25) is 0 Å². The van der Waals surface area contributed by atoms with E-state index < -0.39 is 0 Å². The lowest BCUT2D eigenvalue weighted by molar-refractivity contribution is 0.539. The molecule has 1 heterocycles. The lowest BCUT2D eigenvalue weighted by Gasteiger charge is -2.28. The summed E-state index contributed by atoms with van der Waals surface area (Å²) in [4.78, 5) is 2.74. The highest BCUT2D eigenvalue weighted by molar-refractivity contribution is 7.99. The fraction of sp³-hybridized carbons (Fsp3) is 0.368. The van der Waals surface area contributed by atoms with Gasteiger partial charge in [0.05, 0.1) is 0 Å². The smallest absolute Gasteiger partial charge is 0.0409 e. The van der Waals surface area contributed by atoms with Gasteiger partial charge in [0.15, 0.2) is 0 Å². The molecule has 124 valence electrons. The van der Waals surface area contributed by atoms with Crippen LogP contribution in [-0.4, -0.2) is 12.6 Å². The van der Waals surface area contributed by atoms with Crippen molar-refractivity contribution in [3.8, 4) is 0 Å². The number of hydrogen-bond acceptors (Lipinski definition) is 2. The van der Waals surface area contributed by atoms with Crippen molar-refractivity contribution in [1.82, 2.24) is 5.32 Å². The first-order valence-corrected chi connectivity index (χ1v) is 9.14. The molecular formula is C19H23Cl2NS. The lowest BCUT2D eigenvalue weighted by Crippen LogP contribution is -2.24. The molecule has 0 bridgehead atoms. The molecule has 1 atom stereocenters. The van der Waals surface area contributed by atoms with Crippen LogP contribution in [0.2, 0.25) is 5.02 Å². The fourth-order valence-corrected chi connectivity index (χ4v) is 4.39. The highest BCUT2D eigenvalue weighted by Gasteiger charge is 2.25. The maximum Gasteiger partial charge on any atom is 0.0409 e. The summed E-state index contributed by atoms with van der Waals surface area (Å²) in [7, 11) is 0. The van der Waals surface area contributed by atoms with Crippen molar-refractivity contribution < 1.29 is 0 Å². The zero-order valence-corrected chi connectivity index (χ0v) is 15.9. The van der Waals surface area contributed by atoms with Crippen molar-refractivity contribution in [3.05, 3.63) is 58.6 Å². The van der Waals surface area contributed by atoms with E-state index in [1.807, 2.05) is 17.8 Å². The van der Waals surface area contributed by atoms with Gasteiger partial charge in [-0.1, -0.05) is 55.4 Å². The Kier molecular flexibility index (Phi) is 6.84. The Morgan fingerprint density at radius 3 is 2.61 bits per heavy atom. The van der Waals surface area contributed by atoms with Crippen LogP contribution in [0.25, 0.3) is 0 Å². The standard InChI is InChI=1S/C19H22ClNS.ClH/c1-13(2)21-11-5-7-15-16-6-3-4-8-18(16)22-19-10-9-14(20)12-17(15)19;/h3-4,6,8-10,12-13,15,21H,5,7,11H2,1-2H3;1H. The summed E-state index contributed by atoms with van der Waals surface area (Å²) < 4.78 is 0. The Labute approximate surface area is 154 Å². The Morgan fingerprint density at radius 1 is 1.09 bits per heavy atom. The highest BCUT2D eigenvalue weighted by atomic mass is 35.5. The molecule has 0 spiro atoms. The number of benzene rings is 2. The molecule has 0 fully saturated rings. The molecule has 0 aliphatic carbocycles. The summed E-state index contributed by atoms with van der Waals surface area (Å²) in [6.45, 7) is 5.46. The van der Waals surface area contributed by atoms with Gasteiger partial charge in [-0.25, -0.2) is 0 Å². The van der Waals surface area contributed by atoms with E-state index in [9.17, 15) is 0 Å². The van der Waals surface area contributed by atoms with E-state index in [0.717, 1.165) is 18.0 Å². The second-order valence-corrected chi connectivity index (χ2v) is 7.65. The molecule has 2 aromatic carbocycles. The number of halogens is 2. The van der Waals surface area contributed by atoms with Crippen LogP contribution < -0.4 is 5.32 Å². The molecule has 0 saturated carbocycles. The summed E-state index contributed by atoms with van der Waals surface area (Å²) >= 11 is 8.12. The predicted octanol–water partition coefficient (Wildman–Crippen LogP) is 6.14. The first-order chi connectivity index (χ1) is 10.6. The Hall–Kier alpha value is -0.670. The molecule has 1 nitrogen and oxygen atoms in total. The minimum absolute atomic E-state index is 0. The maximum absolute atomic E-state index is 6.25. The van der Waals surface area contributed by atoms with Gasteiger partial charge in [-0.15, -0.1) is 12.4 Å². The van der Waals surface area contributed by atoms with Crippen molar-refractivity contribution in [2.45, 2.75) is 48.4 Å². The molecule has 3 rings (SSSR count). The van der Waals surface area contributed by atoms with Crippen LogP contribution in [0.1, 0.15) is 43.7 Å². The Bertz CT molecular complexity index is 658. The molecular weight excluding hydrogens is 345 g/mol. The van der Waals surface area contributed by atoms with Crippen molar-refractivity contribution in [2.75, 3.05) is 6.54 Å². The van der Waals surface area contributed by atoms with Crippen molar-refractivity contribution in [3.63, 3.8) is 0 Å². The number of hydrogen-bond donors (Lipinski definition) is 1. The van der Waals surface area contributed by atoms with Gasteiger partial charge < -0.3 is 5.32 Å². The first kappa shape index (κ1) is 18.7. The second kappa shape index (κ2) is 8.43. The maximum atomic E-state index is 6.25. The van der Waals surface area contributed by atoms with Crippen LogP contribution in [-0.2, 0) is 0 Å². The van der Waals surface area contributed by atoms with Gasteiger partial charge in [0.1, 0.15) is 0 Å². The van der Waals surface area contributed by atoms with Crippen LogP contribution in [0, 0.1) is 0 Å². The first-order valence-electron chi connectivity index (χ1n) is 7.95. The molecule has 1 aliphatic heterocycles. The van der Waals surface area contributed by atoms with E-state index in [4.69, 9.17) is 11.6 Å². The van der Waals surface area contributed by atoms with Crippen molar-refractivity contribution in [2.24, 2.45) is 0 Å². The third-order valence-electron chi connectivity index (χ3n) is 4.08. The normalized spacial score (nSPS) is 15.7. The van der Waals surface area contributed by atoms with Gasteiger partial charge >= 0.3 is 0 Å². The molecule has 1 N–H and O–H groups in total. The lowest BCUT2D eigenvalue weighted by atomic mass is 9.87. The number of fused-ring (bicyclic) bond motifs is 2. The zero-order chi connectivity index (χ0) is 15.5. The molecule has 0 saturated heterocycles. The highest BCUT2D eigenvalue weighted by Crippen LogP contribution is 2.47. The van der Waals surface area contributed by atoms with Gasteiger partial charge in [-0.2, -0.15) is 0 Å². The van der Waals surface area contributed by atoms with E-state index in [2.05, 4.69) is 55.6 Å². The zero-order valence-electron chi connectivity index (χ0n) is 13.5. The van der Waals surface area contributed by atoms with Gasteiger partial charge in [-0.05, 0) is 54.8 Å². The van der Waals surface area contributed by atoms with E-state index in [0.29, 0.717) is 12.0 Å². The van der Waals surface area contributed by atoms with Crippen LogP contribution in [0.15, 0.2) is 52.3 Å². The third-order valence-corrected chi connectivity index (χ3v) is 5.50. The van der Waals surface area contributed by atoms with E-state index in [1.165, 1.54) is 27.3 Å². The molecule has 23 heavy (non-hydrogen) atoms. The van der Waals surface area contributed by atoms with Crippen molar-refractivity contribution in [1.29, 1.82) is 0 Å². The van der Waals surface area contributed by atoms with Gasteiger partial charge in [-0.3, -0.25) is 0 Å².